The average Bonchev–Trinajstić information content (AvgIpc) is 3.11. The van der Waals surface area contributed by atoms with E-state index in [2.05, 4.69) is 15.4 Å². The molecule has 7 heteroatoms. The van der Waals surface area contributed by atoms with Gasteiger partial charge in [0.15, 0.2) is 5.13 Å². The number of amides is 1. The van der Waals surface area contributed by atoms with E-state index < -0.39 is 0 Å². The van der Waals surface area contributed by atoms with E-state index in [0.29, 0.717) is 16.6 Å². The summed E-state index contributed by atoms with van der Waals surface area (Å²) in [6.07, 6.45) is 3.86. The van der Waals surface area contributed by atoms with Gasteiger partial charge >= 0.3 is 0 Å². The number of thiophene rings is 1. The number of carbonyl (C=O) groups excluding carboxylic acids is 1. The predicted molar refractivity (Wildman–Crippen MR) is 109 cm³/mol. The van der Waals surface area contributed by atoms with Crippen molar-refractivity contribution in [2.45, 2.75) is 18.8 Å². The zero-order valence-corrected chi connectivity index (χ0v) is 16.0. The normalized spacial score (nSPS) is 13.6. The minimum atomic E-state index is -0.147. The predicted octanol–water partition coefficient (Wildman–Crippen LogP) is 5.19. The van der Waals surface area contributed by atoms with Crippen molar-refractivity contribution in [3.63, 3.8) is 0 Å². The van der Waals surface area contributed by atoms with Gasteiger partial charge in [0.05, 0.1) is 33.7 Å². The van der Waals surface area contributed by atoms with Gasteiger partial charge in [-0.1, -0.05) is 24.3 Å². The Morgan fingerprint density at radius 1 is 1.11 bits per heavy atom. The third-order valence-corrected chi connectivity index (χ3v) is 6.16. The summed E-state index contributed by atoms with van der Waals surface area (Å²) in [5, 5.41) is 12.0. The van der Waals surface area contributed by atoms with Crippen molar-refractivity contribution in [2.24, 2.45) is 0 Å². The number of nitrogens with one attached hydrogen (secondary N) is 1. The summed E-state index contributed by atoms with van der Waals surface area (Å²) >= 11 is 3.08. The van der Waals surface area contributed by atoms with Gasteiger partial charge in [-0.25, -0.2) is 9.67 Å². The van der Waals surface area contributed by atoms with Gasteiger partial charge in [0, 0.05) is 11.3 Å². The van der Waals surface area contributed by atoms with Gasteiger partial charge in [-0.05, 0) is 36.4 Å². The van der Waals surface area contributed by atoms with Crippen molar-refractivity contribution < 1.29 is 4.79 Å². The third kappa shape index (κ3) is 3.20. The van der Waals surface area contributed by atoms with Crippen LogP contribution in [0.4, 0.5) is 5.13 Å². The molecule has 134 valence electrons. The summed E-state index contributed by atoms with van der Waals surface area (Å²) < 4.78 is 1.89. The van der Waals surface area contributed by atoms with Crippen LogP contribution in [0.5, 0.6) is 0 Å². The number of hydrogen-bond acceptors (Lipinski definition) is 5. The van der Waals surface area contributed by atoms with Gasteiger partial charge in [-0.2, -0.15) is 5.10 Å². The molecule has 1 fully saturated rings. The molecule has 0 atom stereocenters. The van der Waals surface area contributed by atoms with Crippen LogP contribution in [0.1, 0.15) is 34.8 Å². The molecule has 3 heterocycles. The molecule has 1 aromatic carbocycles. The minimum Gasteiger partial charge on any atom is -0.298 e. The zero-order chi connectivity index (χ0) is 18.2. The lowest BCUT2D eigenvalue weighted by Crippen LogP contribution is -2.14. The van der Waals surface area contributed by atoms with E-state index in [1.165, 1.54) is 11.3 Å². The molecule has 1 aliphatic carbocycles. The Morgan fingerprint density at radius 3 is 2.70 bits per heavy atom. The molecular formula is C20H16N4OS2. The van der Waals surface area contributed by atoms with Crippen LogP contribution in [-0.4, -0.2) is 20.7 Å². The van der Waals surface area contributed by atoms with Crippen molar-refractivity contribution in [3.05, 3.63) is 70.7 Å². The fraction of sp³-hybridized carbons (Fsp3) is 0.150. The number of carbonyl (C=O) groups is 1. The molecule has 3 aromatic heterocycles. The molecule has 4 aromatic rings. The summed E-state index contributed by atoms with van der Waals surface area (Å²) in [6.45, 7) is 0. The van der Waals surface area contributed by atoms with Crippen LogP contribution >= 0.6 is 22.7 Å². The van der Waals surface area contributed by atoms with Gasteiger partial charge in [0.25, 0.3) is 5.91 Å². The Balaban J connectivity index is 1.43. The van der Waals surface area contributed by atoms with E-state index in [4.69, 9.17) is 0 Å². The molecule has 1 saturated carbocycles. The highest BCUT2D eigenvalue weighted by Crippen LogP contribution is 2.42. The first kappa shape index (κ1) is 16.4. The van der Waals surface area contributed by atoms with E-state index in [9.17, 15) is 4.79 Å². The maximum absolute atomic E-state index is 12.9. The van der Waals surface area contributed by atoms with Crippen molar-refractivity contribution in [2.75, 3.05) is 5.32 Å². The average molecular weight is 393 g/mol. The van der Waals surface area contributed by atoms with Crippen LogP contribution in [0.15, 0.2) is 59.4 Å². The van der Waals surface area contributed by atoms with E-state index in [-0.39, 0.29) is 5.91 Å². The van der Waals surface area contributed by atoms with Crippen molar-refractivity contribution >= 4 is 33.7 Å². The zero-order valence-electron chi connectivity index (χ0n) is 14.3. The van der Waals surface area contributed by atoms with Gasteiger partial charge in [0.1, 0.15) is 0 Å². The fourth-order valence-electron chi connectivity index (χ4n) is 3.09. The number of anilines is 1. The summed E-state index contributed by atoms with van der Waals surface area (Å²) in [4.78, 5) is 18.6. The van der Waals surface area contributed by atoms with Gasteiger partial charge in [-0.15, -0.1) is 22.7 Å². The van der Waals surface area contributed by atoms with E-state index in [1.54, 1.807) is 17.5 Å². The molecule has 27 heavy (non-hydrogen) atoms. The number of rotatable bonds is 5. The van der Waals surface area contributed by atoms with Gasteiger partial charge in [0.2, 0.25) is 0 Å². The van der Waals surface area contributed by atoms with Crippen molar-refractivity contribution in [1.82, 2.24) is 14.8 Å². The number of aromatic nitrogens is 3. The number of benzene rings is 1. The van der Waals surface area contributed by atoms with E-state index >= 15 is 0 Å². The second-order valence-electron chi connectivity index (χ2n) is 6.43. The number of nitrogens with zero attached hydrogens (tertiary/aromatic N) is 3. The molecule has 0 spiro atoms. The summed E-state index contributed by atoms with van der Waals surface area (Å²) in [7, 11) is 0. The van der Waals surface area contributed by atoms with Crippen molar-refractivity contribution in [1.29, 1.82) is 0 Å². The standard InChI is InChI=1S/C20H16N4OS2/c25-19(23-20-22-16(12-27-20)17-7-4-10-26-17)15-11-21-24(18(15)13-8-9-13)14-5-2-1-3-6-14/h1-7,10-13H,8-9H2,(H,22,23,25). The molecule has 5 rings (SSSR count). The highest BCUT2D eigenvalue weighted by molar-refractivity contribution is 7.16. The third-order valence-electron chi connectivity index (χ3n) is 4.51. The lowest BCUT2D eigenvalue weighted by Gasteiger charge is -2.08. The van der Waals surface area contributed by atoms with Crippen molar-refractivity contribution in [3.8, 4) is 16.3 Å². The van der Waals surface area contributed by atoms with E-state index in [1.807, 2.05) is 57.9 Å². The van der Waals surface area contributed by atoms with Crippen LogP contribution in [-0.2, 0) is 0 Å². The molecule has 1 aliphatic rings. The van der Waals surface area contributed by atoms with Gasteiger partial charge < -0.3 is 0 Å². The SMILES string of the molecule is O=C(Nc1nc(-c2cccs2)cs1)c1cnn(-c2ccccc2)c1C1CC1. The molecule has 0 aliphatic heterocycles. The fourth-order valence-corrected chi connectivity index (χ4v) is 4.56. The topological polar surface area (TPSA) is 59.8 Å². The summed E-state index contributed by atoms with van der Waals surface area (Å²) in [5.74, 6) is 0.248. The Bertz CT molecular complexity index is 1080. The lowest BCUT2D eigenvalue weighted by atomic mass is 10.1. The van der Waals surface area contributed by atoms with Gasteiger partial charge in [-0.3, -0.25) is 10.1 Å². The first-order valence-electron chi connectivity index (χ1n) is 8.73. The smallest absolute Gasteiger partial charge is 0.260 e. The van der Waals surface area contributed by atoms with Crippen LogP contribution in [0.2, 0.25) is 0 Å². The number of hydrogen-bond donors (Lipinski definition) is 1. The maximum atomic E-state index is 12.9. The molecule has 1 amide bonds. The van der Waals surface area contributed by atoms with Crippen LogP contribution in [0, 0.1) is 0 Å². The Hall–Kier alpha value is -2.77. The molecule has 0 unspecified atom stereocenters. The Morgan fingerprint density at radius 2 is 1.96 bits per heavy atom. The van der Waals surface area contributed by atoms with E-state index in [0.717, 1.165) is 34.8 Å². The summed E-state index contributed by atoms with van der Waals surface area (Å²) in [5.41, 5.74) is 3.50. The Labute approximate surface area is 164 Å². The maximum Gasteiger partial charge on any atom is 0.260 e. The molecule has 1 N–H and O–H groups in total. The minimum absolute atomic E-state index is 0.147. The molecule has 0 radical (unpaired) electrons. The number of para-hydroxylation sites is 1. The molecular weight excluding hydrogens is 376 g/mol. The lowest BCUT2D eigenvalue weighted by molar-refractivity contribution is 0.102. The molecule has 0 saturated heterocycles. The summed E-state index contributed by atoms with van der Waals surface area (Å²) in [6, 6.07) is 14.0. The quantitative estimate of drug-likeness (QED) is 0.509. The van der Waals surface area contributed by atoms with Crippen LogP contribution < -0.4 is 5.32 Å². The largest absolute Gasteiger partial charge is 0.298 e. The van der Waals surface area contributed by atoms with Crippen LogP contribution in [0.3, 0.4) is 0 Å². The second-order valence-corrected chi connectivity index (χ2v) is 8.24. The Kier molecular flexibility index (Phi) is 4.10. The molecule has 0 bridgehead atoms. The first-order valence-corrected chi connectivity index (χ1v) is 10.5. The van der Waals surface area contributed by atoms with Crippen LogP contribution in [0.25, 0.3) is 16.3 Å². The highest BCUT2D eigenvalue weighted by Gasteiger charge is 2.33. The highest BCUT2D eigenvalue weighted by atomic mass is 32.1. The monoisotopic (exact) mass is 392 g/mol. The number of thiazole rings is 1. The molecule has 5 nitrogen and oxygen atoms in total. The second kappa shape index (κ2) is 6.75. The first-order chi connectivity index (χ1) is 13.3.